The Balaban J connectivity index is 0.00000294. The summed E-state index contributed by atoms with van der Waals surface area (Å²) in [5, 5.41) is 8.26. The number of nitrogens with two attached hydrogens (primary N) is 2. The summed E-state index contributed by atoms with van der Waals surface area (Å²) in [6, 6.07) is 12.8. The molecule has 47 heavy (non-hydrogen) atoms. The predicted molar refractivity (Wildman–Crippen MR) is 184 cm³/mol. The van der Waals surface area contributed by atoms with E-state index < -0.39 is 5.91 Å². The summed E-state index contributed by atoms with van der Waals surface area (Å²) in [5.41, 5.74) is 16.4. The first-order chi connectivity index (χ1) is 22.6. The zero-order valence-corrected chi connectivity index (χ0v) is 28.0. The molecule has 2 heterocycles. The third kappa shape index (κ3) is 9.80. The molecule has 0 atom stereocenters. The van der Waals surface area contributed by atoms with Crippen LogP contribution >= 0.6 is 0 Å². The molecule has 250 valence electrons. The van der Waals surface area contributed by atoms with E-state index in [4.69, 9.17) is 16.2 Å². The van der Waals surface area contributed by atoms with Crippen molar-refractivity contribution in [1.29, 1.82) is 0 Å². The van der Waals surface area contributed by atoms with Crippen molar-refractivity contribution in [2.75, 3.05) is 26.5 Å². The summed E-state index contributed by atoms with van der Waals surface area (Å²) in [4.78, 5) is 48.2. The number of carbonyl (C=O) groups excluding carboxylic acids is 3. The molecule has 0 spiro atoms. The number of nitrogens with zero attached hydrogens (tertiary/aromatic N) is 3. The van der Waals surface area contributed by atoms with Gasteiger partial charge in [-0.25, -0.2) is 0 Å². The third-order valence-corrected chi connectivity index (χ3v) is 7.22. The first-order valence-electron chi connectivity index (χ1n) is 15.7. The van der Waals surface area contributed by atoms with Crippen LogP contribution in [0.2, 0.25) is 0 Å². The standard InChI is InChI=1S/C33H40N8O4.C2H6/c1-5-7-20-14-15-37-23(16-20)19-41(3)33(44)26-13-12-22(18-38-26)24-8-6-9-25(30(24)45-4)39-27(29(35)32(43)36-2)17-28(34)40-31(42)21-10-11-21;1-2/h6,8-9,12-18,21,39H,5,7,10-11,19,34-35H2,1-4H3,(H,36,43)(H,40,42);1-2H3/b28-17+,29-27+;. The summed E-state index contributed by atoms with van der Waals surface area (Å²) in [6.45, 7) is 6.48. The number of amides is 3. The van der Waals surface area contributed by atoms with Crippen LogP contribution in [0.15, 0.2) is 78.1 Å². The molecule has 4 rings (SSSR count). The Kier molecular flexibility index (Phi) is 13.3. The second-order valence-electron chi connectivity index (χ2n) is 10.8. The molecule has 0 unspecified atom stereocenters. The molecule has 1 aliphatic carbocycles. The van der Waals surface area contributed by atoms with Gasteiger partial charge in [0.15, 0.2) is 0 Å². The second kappa shape index (κ2) is 17.3. The van der Waals surface area contributed by atoms with Crippen LogP contribution in [-0.2, 0) is 22.6 Å². The smallest absolute Gasteiger partial charge is 0.272 e. The number of nitrogens with one attached hydrogen (secondary N) is 3. The molecule has 7 N–H and O–H groups in total. The molecule has 12 heteroatoms. The van der Waals surface area contributed by atoms with Crippen LogP contribution in [0, 0.1) is 5.92 Å². The van der Waals surface area contributed by atoms with E-state index in [9.17, 15) is 14.4 Å². The molecule has 1 aromatic carbocycles. The second-order valence-corrected chi connectivity index (χ2v) is 10.8. The molecular formula is C35H46N8O4. The quantitative estimate of drug-likeness (QED) is 0.136. The Morgan fingerprint density at radius 2 is 1.83 bits per heavy atom. The lowest BCUT2D eigenvalue weighted by Gasteiger charge is -2.18. The van der Waals surface area contributed by atoms with Gasteiger partial charge < -0.3 is 37.1 Å². The summed E-state index contributed by atoms with van der Waals surface area (Å²) >= 11 is 0. The zero-order chi connectivity index (χ0) is 34.5. The van der Waals surface area contributed by atoms with E-state index in [1.54, 1.807) is 48.6 Å². The van der Waals surface area contributed by atoms with Gasteiger partial charge in [0.1, 0.15) is 23.0 Å². The van der Waals surface area contributed by atoms with Gasteiger partial charge in [0.25, 0.3) is 11.8 Å². The fraction of sp³-hybridized carbons (Fsp3) is 0.343. The minimum atomic E-state index is -0.538. The number of likely N-dealkylation sites (N-methyl/N-ethyl adjacent to an activating group) is 1. The summed E-state index contributed by atoms with van der Waals surface area (Å²) in [5.74, 6) is -0.534. The van der Waals surface area contributed by atoms with E-state index in [-0.39, 0.29) is 40.6 Å². The third-order valence-electron chi connectivity index (χ3n) is 7.22. The Morgan fingerprint density at radius 1 is 1.09 bits per heavy atom. The van der Waals surface area contributed by atoms with Gasteiger partial charge in [-0.1, -0.05) is 45.4 Å². The number of hydrogen-bond donors (Lipinski definition) is 5. The van der Waals surface area contributed by atoms with Crippen molar-refractivity contribution in [2.45, 2.75) is 53.0 Å². The normalized spacial score (nSPS) is 12.9. The van der Waals surface area contributed by atoms with E-state index in [0.717, 1.165) is 31.4 Å². The molecule has 1 fully saturated rings. The maximum atomic E-state index is 13.2. The van der Waals surface area contributed by atoms with E-state index in [0.29, 0.717) is 29.1 Å². The number of para-hydroxylation sites is 1. The highest BCUT2D eigenvalue weighted by Crippen LogP contribution is 2.37. The Bertz CT molecular complexity index is 1610. The minimum absolute atomic E-state index is 0.0373. The number of benzene rings is 1. The largest absolute Gasteiger partial charge is 0.494 e. The Hall–Kier alpha value is -5.39. The zero-order valence-electron chi connectivity index (χ0n) is 28.0. The molecule has 0 bridgehead atoms. The van der Waals surface area contributed by atoms with Crippen molar-refractivity contribution in [3.63, 3.8) is 0 Å². The molecular weight excluding hydrogens is 596 g/mol. The predicted octanol–water partition coefficient (Wildman–Crippen LogP) is 4.06. The number of hydrogen-bond acceptors (Lipinski definition) is 9. The lowest BCUT2D eigenvalue weighted by Crippen LogP contribution is -2.31. The van der Waals surface area contributed by atoms with E-state index >= 15 is 0 Å². The molecule has 12 nitrogen and oxygen atoms in total. The number of aromatic nitrogens is 2. The monoisotopic (exact) mass is 642 g/mol. The van der Waals surface area contributed by atoms with Gasteiger partial charge in [0.2, 0.25) is 5.91 Å². The summed E-state index contributed by atoms with van der Waals surface area (Å²) < 4.78 is 5.76. The molecule has 0 saturated heterocycles. The molecule has 0 radical (unpaired) electrons. The topological polar surface area (TPSA) is 178 Å². The number of rotatable bonds is 13. The maximum Gasteiger partial charge on any atom is 0.272 e. The number of carbonyl (C=O) groups is 3. The average molecular weight is 643 g/mol. The van der Waals surface area contributed by atoms with Crippen LogP contribution in [0.1, 0.15) is 61.8 Å². The molecule has 0 aliphatic heterocycles. The van der Waals surface area contributed by atoms with Crippen molar-refractivity contribution in [3.8, 4) is 16.9 Å². The molecule has 1 saturated carbocycles. The van der Waals surface area contributed by atoms with Crippen LogP contribution in [-0.4, -0.2) is 53.8 Å². The number of ether oxygens (including phenoxy) is 1. The molecule has 3 aromatic rings. The lowest BCUT2D eigenvalue weighted by atomic mass is 10.0. The van der Waals surface area contributed by atoms with Gasteiger partial charge in [-0.3, -0.25) is 24.4 Å². The van der Waals surface area contributed by atoms with Gasteiger partial charge >= 0.3 is 0 Å². The van der Waals surface area contributed by atoms with Crippen LogP contribution in [0.5, 0.6) is 5.75 Å². The van der Waals surface area contributed by atoms with Crippen molar-refractivity contribution in [1.82, 2.24) is 25.5 Å². The van der Waals surface area contributed by atoms with Gasteiger partial charge in [0, 0.05) is 49.6 Å². The van der Waals surface area contributed by atoms with Crippen LogP contribution in [0.3, 0.4) is 0 Å². The van der Waals surface area contributed by atoms with Crippen LogP contribution < -0.4 is 32.2 Å². The highest BCUT2D eigenvalue weighted by Gasteiger charge is 2.29. The number of pyridine rings is 2. The van der Waals surface area contributed by atoms with Crippen molar-refractivity contribution in [3.05, 3.63) is 95.1 Å². The van der Waals surface area contributed by atoms with Gasteiger partial charge in [-0.05, 0) is 49.1 Å². The number of allylic oxidation sites excluding steroid dienone is 1. The van der Waals surface area contributed by atoms with Gasteiger partial charge in [-0.2, -0.15) is 0 Å². The van der Waals surface area contributed by atoms with Crippen molar-refractivity contribution < 1.29 is 19.1 Å². The number of anilines is 1. The van der Waals surface area contributed by atoms with Gasteiger partial charge in [-0.15, -0.1) is 0 Å². The lowest BCUT2D eigenvalue weighted by molar-refractivity contribution is -0.121. The van der Waals surface area contributed by atoms with Gasteiger partial charge in [0.05, 0.1) is 30.7 Å². The summed E-state index contributed by atoms with van der Waals surface area (Å²) in [6.07, 6.45) is 8.39. The molecule has 1 aliphatic rings. The fourth-order valence-electron chi connectivity index (χ4n) is 4.70. The summed E-state index contributed by atoms with van der Waals surface area (Å²) in [7, 11) is 4.69. The highest BCUT2D eigenvalue weighted by atomic mass is 16.5. The SMILES string of the molecule is CC.CCCc1ccnc(CN(C)C(=O)c2ccc(-c3cccc(NC(/C=C(\N)NC(=O)C4CC4)=C(/N)C(=O)NC)c3OC)cn2)c1. The Labute approximate surface area is 276 Å². The fourth-order valence-corrected chi connectivity index (χ4v) is 4.70. The Morgan fingerprint density at radius 3 is 2.45 bits per heavy atom. The van der Waals surface area contributed by atoms with E-state index in [1.807, 2.05) is 32.0 Å². The van der Waals surface area contributed by atoms with E-state index in [2.05, 4.69) is 32.8 Å². The van der Waals surface area contributed by atoms with Crippen LogP contribution in [0.25, 0.3) is 11.1 Å². The molecule has 3 amide bonds. The first-order valence-corrected chi connectivity index (χ1v) is 15.7. The number of aryl methyl sites for hydroxylation is 1. The van der Waals surface area contributed by atoms with Crippen molar-refractivity contribution in [2.24, 2.45) is 17.4 Å². The van der Waals surface area contributed by atoms with Crippen molar-refractivity contribution >= 4 is 23.4 Å². The first kappa shape index (κ1) is 36.1. The molecule has 2 aromatic heterocycles. The average Bonchev–Trinajstić information content (AvgIpc) is 3.94. The highest BCUT2D eigenvalue weighted by molar-refractivity contribution is 5.95. The van der Waals surface area contributed by atoms with E-state index in [1.165, 1.54) is 25.8 Å². The van der Waals surface area contributed by atoms with Crippen LogP contribution in [0.4, 0.5) is 5.69 Å². The number of methoxy groups -OCH3 is 1. The minimum Gasteiger partial charge on any atom is -0.494 e. The maximum absolute atomic E-state index is 13.2.